The van der Waals surface area contributed by atoms with E-state index in [-0.39, 0.29) is 35.6 Å². The predicted octanol–water partition coefficient (Wildman–Crippen LogP) is 3.37. The van der Waals surface area contributed by atoms with Crippen molar-refractivity contribution in [2.75, 3.05) is 37.7 Å². The van der Waals surface area contributed by atoms with Gasteiger partial charge in [0.25, 0.3) is 0 Å². The number of halogens is 1. The van der Waals surface area contributed by atoms with Gasteiger partial charge in [-0.15, -0.1) is 0 Å². The van der Waals surface area contributed by atoms with Crippen LogP contribution in [0.25, 0.3) is 0 Å². The van der Waals surface area contributed by atoms with Crippen molar-refractivity contribution < 1.29 is 27.1 Å². The van der Waals surface area contributed by atoms with Crippen LogP contribution in [0.15, 0.2) is 41.3 Å². The van der Waals surface area contributed by atoms with E-state index in [2.05, 4.69) is 0 Å². The first-order chi connectivity index (χ1) is 15.9. The largest absolute Gasteiger partial charge is 0.490 e. The maximum absolute atomic E-state index is 13.6. The summed E-state index contributed by atoms with van der Waals surface area (Å²) in [6.07, 6.45) is 3.20. The molecule has 0 spiro atoms. The minimum Gasteiger partial charge on any atom is -0.490 e. The minimum atomic E-state index is -3.70. The van der Waals surface area contributed by atoms with Gasteiger partial charge in [-0.1, -0.05) is 0 Å². The fourth-order valence-corrected chi connectivity index (χ4v) is 6.30. The van der Waals surface area contributed by atoms with Crippen LogP contribution < -0.4 is 14.4 Å². The Morgan fingerprint density at radius 2 is 1.70 bits per heavy atom. The number of carbonyl (C=O) groups is 1. The molecule has 5 rings (SSSR count). The van der Waals surface area contributed by atoms with E-state index < -0.39 is 10.0 Å². The molecule has 1 fully saturated rings. The van der Waals surface area contributed by atoms with Crippen LogP contribution in [0.4, 0.5) is 10.1 Å². The molecule has 33 heavy (non-hydrogen) atoms. The number of aryl methyl sites for hydroxylation is 1. The standard InChI is InChI=1S/C24H27FN2O5S/c25-19-4-6-21-18(15-19)3-1-10-27(21)24(28)17-8-11-26(12-9-17)33(29,30)20-5-7-22-23(16-20)32-14-2-13-31-22/h4-7,15-17H,1-3,8-14H2. The molecule has 176 valence electrons. The zero-order valence-electron chi connectivity index (χ0n) is 18.3. The lowest BCUT2D eigenvalue weighted by Gasteiger charge is -2.36. The minimum absolute atomic E-state index is 0.00446. The molecule has 3 aliphatic heterocycles. The van der Waals surface area contributed by atoms with Crippen LogP contribution in [0.5, 0.6) is 11.5 Å². The average molecular weight is 475 g/mol. The van der Waals surface area contributed by atoms with Gasteiger partial charge in [0.05, 0.1) is 18.1 Å². The SMILES string of the molecule is O=C(C1CCN(S(=O)(=O)c2ccc3c(c2)OCCCO3)CC1)N1CCCc2cc(F)ccc21. The third kappa shape index (κ3) is 4.31. The van der Waals surface area contributed by atoms with Crippen molar-refractivity contribution in [1.29, 1.82) is 0 Å². The molecule has 2 aromatic rings. The molecule has 3 aliphatic rings. The van der Waals surface area contributed by atoms with Crippen LogP contribution in [-0.4, -0.2) is 51.5 Å². The maximum Gasteiger partial charge on any atom is 0.243 e. The number of amides is 1. The van der Waals surface area contributed by atoms with Crippen LogP contribution in [0.2, 0.25) is 0 Å². The molecular weight excluding hydrogens is 447 g/mol. The van der Waals surface area contributed by atoms with Gasteiger partial charge in [0, 0.05) is 43.7 Å². The molecule has 3 heterocycles. The first-order valence-electron chi connectivity index (χ1n) is 11.4. The number of nitrogens with zero attached hydrogens (tertiary/aromatic N) is 2. The zero-order valence-corrected chi connectivity index (χ0v) is 19.2. The van der Waals surface area contributed by atoms with Crippen molar-refractivity contribution >= 4 is 21.6 Å². The van der Waals surface area contributed by atoms with Crippen molar-refractivity contribution in [3.63, 3.8) is 0 Å². The summed E-state index contributed by atoms with van der Waals surface area (Å²) in [5.41, 5.74) is 1.62. The summed E-state index contributed by atoms with van der Waals surface area (Å²) in [5.74, 6) is 0.444. The summed E-state index contributed by atoms with van der Waals surface area (Å²) >= 11 is 0. The second-order valence-electron chi connectivity index (χ2n) is 8.70. The Morgan fingerprint density at radius 1 is 0.939 bits per heavy atom. The first kappa shape index (κ1) is 22.2. The molecule has 0 aliphatic carbocycles. The Morgan fingerprint density at radius 3 is 2.48 bits per heavy atom. The van der Waals surface area contributed by atoms with Gasteiger partial charge in [-0.25, -0.2) is 12.8 Å². The van der Waals surface area contributed by atoms with E-state index in [9.17, 15) is 17.6 Å². The zero-order chi connectivity index (χ0) is 23.0. The van der Waals surface area contributed by atoms with Gasteiger partial charge < -0.3 is 14.4 Å². The topological polar surface area (TPSA) is 76.2 Å². The lowest BCUT2D eigenvalue weighted by molar-refractivity contribution is -0.123. The molecule has 0 aromatic heterocycles. The van der Waals surface area contributed by atoms with Gasteiger partial charge in [-0.05, 0) is 61.6 Å². The summed E-state index contributed by atoms with van der Waals surface area (Å²) in [5, 5.41) is 0. The quantitative estimate of drug-likeness (QED) is 0.682. The van der Waals surface area contributed by atoms with Gasteiger partial charge in [0.1, 0.15) is 5.82 Å². The number of anilines is 1. The van der Waals surface area contributed by atoms with Crippen molar-refractivity contribution in [2.24, 2.45) is 5.92 Å². The van der Waals surface area contributed by atoms with Gasteiger partial charge >= 0.3 is 0 Å². The molecule has 0 bridgehead atoms. The number of sulfonamides is 1. The van der Waals surface area contributed by atoms with E-state index >= 15 is 0 Å². The van der Waals surface area contributed by atoms with Crippen LogP contribution >= 0.6 is 0 Å². The lowest BCUT2D eigenvalue weighted by atomic mass is 9.94. The van der Waals surface area contributed by atoms with E-state index in [1.54, 1.807) is 23.1 Å². The summed E-state index contributed by atoms with van der Waals surface area (Å²) in [6, 6.07) is 9.26. The van der Waals surface area contributed by atoms with Crippen molar-refractivity contribution in [3.8, 4) is 11.5 Å². The molecular formula is C24H27FN2O5S. The van der Waals surface area contributed by atoms with Gasteiger partial charge in [0.2, 0.25) is 15.9 Å². The second-order valence-corrected chi connectivity index (χ2v) is 10.6. The van der Waals surface area contributed by atoms with E-state index in [1.807, 2.05) is 0 Å². The first-order valence-corrected chi connectivity index (χ1v) is 12.9. The fraction of sp³-hybridized carbons (Fsp3) is 0.458. The number of fused-ring (bicyclic) bond motifs is 2. The van der Waals surface area contributed by atoms with Crippen LogP contribution in [0.3, 0.4) is 0 Å². The monoisotopic (exact) mass is 474 g/mol. The smallest absolute Gasteiger partial charge is 0.243 e. The average Bonchev–Trinajstić information content (AvgIpc) is 3.08. The molecule has 7 nitrogen and oxygen atoms in total. The number of carbonyl (C=O) groups excluding carboxylic acids is 1. The number of rotatable bonds is 3. The molecule has 9 heteroatoms. The van der Waals surface area contributed by atoms with E-state index in [0.717, 1.165) is 30.5 Å². The van der Waals surface area contributed by atoms with Crippen LogP contribution in [-0.2, 0) is 21.2 Å². The Bertz CT molecular complexity index is 1160. The summed E-state index contributed by atoms with van der Waals surface area (Å²) in [4.78, 5) is 15.2. The number of hydrogen-bond donors (Lipinski definition) is 0. The lowest BCUT2D eigenvalue weighted by Crippen LogP contribution is -2.45. The third-order valence-electron chi connectivity index (χ3n) is 6.59. The highest BCUT2D eigenvalue weighted by atomic mass is 32.2. The van der Waals surface area contributed by atoms with E-state index in [4.69, 9.17) is 9.47 Å². The summed E-state index contributed by atoms with van der Waals surface area (Å²) < 4.78 is 52.7. The van der Waals surface area contributed by atoms with E-state index in [0.29, 0.717) is 44.1 Å². The Labute approximate surface area is 193 Å². The Balaban J connectivity index is 1.28. The van der Waals surface area contributed by atoms with Gasteiger partial charge in [-0.2, -0.15) is 4.31 Å². The molecule has 2 aromatic carbocycles. The van der Waals surface area contributed by atoms with Crippen molar-refractivity contribution in [1.82, 2.24) is 4.31 Å². The Kier molecular flexibility index (Phi) is 6.01. The second kappa shape index (κ2) is 8.95. The summed E-state index contributed by atoms with van der Waals surface area (Å²) in [6.45, 7) is 2.18. The number of hydrogen-bond acceptors (Lipinski definition) is 5. The summed E-state index contributed by atoms with van der Waals surface area (Å²) in [7, 11) is -3.70. The highest BCUT2D eigenvalue weighted by molar-refractivity contribution is 7.89. The molecule has 1 amide bonds. The fourth-order valence-electron chi connectivity index (χ4n) is 4.81. The molecule has 0 atom stereocenters. The number of ether oxygens (including phenoxy) is 2. The molecule has 0 unspecified atom stereocenters. The molecule has 0 saturated carbocycles. The number of piperidine rings is 1. The maximum atomic E-state index is 13.6. The Hall–Kier alpha value is -2.65. The number of benzene rings is 2. The van der Waals surface area contributed by atoms with Crippen LogP contribution in [0, 0.1) is 11.7 Å². The van der Waals surface area contributed by atoms with Crippen LogP contribution in [0.1, 0.15) is 31.2 Å². The highest BCUT2D eigenvalue weighted by Gasteiger charge is 2.35. The van der Waals surface area contributed by atoms with Gasteiger partial charge in [-0.3, -0.25) is 4.79 Å². The van der Waals surface area contributed by atoms with E-state index in [1.165, 1.54) is 22.5 Å². The molecule has 0 radical (unpaired) electrons. The predicted molar refractivity (Wildman–Crippen MR) is 121 cm³/mol. The highest BCUT2D eigenvalue weighted by Crippen LogP contribution is 2.35. The van der Waals surface area contributed by atoms with Gasteiger partial charge in [0.15, 0.2) is 11.5 Å². The molecule has 0 N–H and O–H groups in total. The normalized spacial score (nSPS) is 19.6. The van der Waals surface area contributed by atoms with Crippen molar-refractivity contribution in [3.05, 3.63) is 47.8 Å². The molecule has 1 saturated heterocycles. The van der Waals surface area contributed by atoms with Crippen molar-refractivity contribution in [2.45, 2.75) is 37.0 Å². The third-order valence-corrected chi connectivity index (χ3v) is 8.48.